The molecule has 0 aliphatic rings. The third-order valence-corrected chi connectivity index (χ3v) is 4.64. The van der Waals surface area contributed by atoms with E-state index in [0.717, 1.165) is 15.7 Å². The van der Waals surface area contributed by atoms with Gasteiger partial charge >= 0.3 is 5.97 Å². The van der Waals surface area contributed by atoms with E-state index in [9.17, 15) is 9.59 Å². The lowest BCUT2D eigenvalue weighted by atomic mass is 10.2. The van der Waals surface area contributed by atoms with Crippen molar-refractivity contribution in [3.8, 4) is 17.0 Å². The van der Waals surface area contributed by atoms with E-state index in [0.29, 0.717) is 10.9 Å². The molecule has 3 rings (SSSR count). The Bertz CT molecular complexity index is 913. The van der Waals surface area contributed by atoms with Gasteiger partial charge in [0.25, 0.3) is 5.91 Å². The highest BCUT2D eigenvalue weighted by atomic mass is 79.9. The van der Waals surface area contributed by atoms with Crippen LogP contribution in [0.15, 0.2) is 64.5 Å². The molecule has 0 aliphatic heterocycles. The summed E-state index contributed by atoms with van der Waals surface area (Å²) in [6.45, 7) is -0.674. The van der Waals surface area contributed by atoms with Crippen LogP contribution in [-0.4, -0.2) is 30.1 Å². The number of rotatable bonds is 7. The van der Waals surface area contributed by atoms with Crippen molar-refractivity contribution in [1.82, 2.24) is 4.98 Å². The van der Waals surface area contributed by atoms with E-state index in [-0.39, 0.29) is 6.61 Å². The number of nitrogens with one attached hydrogen (secondary N) is 1. The number of carbonyl (C=O) groups is 2. The molecule has 1 aromatic heterocycles. The number of carbonyl (C=O) groups excluding carboxylic acids is 2. The van der Waals surface area contributed by atoms with Crippen molar-refractivity contribution in [2.45, 2.75) is 0 Å². The summed E-state index contributed by atoms with van der Waals surface area (Å²) < 4.78 is 11.1. The zero-order valence-electron chi connectivity index (χ0n) is 14.1. The van der Waals surface area contributed by atoms with Gasteiger partial charge in [-0.3, -0.25) is 10.1 Å². The van der Waals surface area contributed by atoms with Crippen LogP contribution in [0.5, 0.6) is 5.75 Å². The van der Waals surface area contributed by atoms with E-state index in [2.05, 4.69) is 26.2 Å². The second-order valence-corrected chi connectivity index (χ2v) is 7.13. The maximum Gasteiger partial charge on any atom is 0.344 e. The van der Waals surface area contributed by atoms with E-state index in [4.69, 9.17) is 9.47 Å². The highest BCUT2D eigenvalue weighted by Gasteiger charge is 2.11. The van der Waals surface area contributed by atoms with Crippen molar-refractivity contribution < 1.29 is 19.1 Å². The summed E-state index contributed by atoms with van der Waals surface area (Å²) in [5.41, 5.74) is 1.74. The van der Waals surface area contributed by atoms with Crippen LogP contribution in [0.3, 0.4) is 0 Å². The summed E-state index contributed by atoms with van der Waals surface area (Å²) in [4.78, 5) is 27.9. The first-order valence-corrected chi connectivity index (χ1v) is 9.62. The average molecular weight is 447 g/mol. The molecule has 0 saturated carbocycles. The SMILES string of the molecule is O=C(COC(=O)COc1ccc(Br)cc1)Nc1nc(-c2ccccc2)cs1. The fraction of sp³-hybridized carbons (Fsp3) is 0.105. The Hall–Kier alpha value is -2.71. The number of esters is 1. The van der Waals surface area contributed by atoms with Crippen LogP contribution in [0.25, 0.3) is 11.3 Å². The van der Waals surface area contributed by atoms with E-state index in [1.54, 1.807) is 24.3 Å². The minimum absolute atomic E-state index is 0.273. The molecule has 1 N–H and O–H groups in total. The minimum Gasteiger partial charge on any atom is -0.482 e. The molecular weight excluding hydrogens is 432 g/mol. The third kappa shape index (κ3) is 5.90. The summed E-state index contributed by atoms with van der Waals surface area (Å²) >= 11 is 4.62. The normalized spacial score (nSPS) is 10.3. The molecule has 0 bridgehead atoms. The number of hydrogen-bond acceptors (Lipinski definition) is 6. The number of nitrogens with zero attached hydrogens (tertiary/aromatic N) is 1. The molecule has 1 amide bonds. The average Bonchev–Trinajstić information content (AvgIpc) is 3.15. The van der Waals surface area contributed by atoms with Gasteiger partial charge in [0.2, 0.25) is 0 Å². The fourth-order valence-electron chi connectivity index (χ4n) is 2.09. The van der Waals surface area contributed by atoms with Crippen molar-refractivity contribution in [2.24, 2.45) is 0 Å². The van der Waals surface area contributed by atoms with Gasteiger partial charge in [0.15, 0.2) is 18.3 Å². The smallest absolute Gasteiger partial charge is 0.344 e. The number of ether oxygens (including phenoxy) is 2. The predicted octanol–water partition coefficient (Wildman–Crippen LogP) is 4.13. The van der Waals surface area contributed by atoms with Crippen molar-refractivity contribution in [2.75, 3.05) is 18.5 Å². The Balaban J connectivity index is 1.42. The molecule has 0 unspecified atom stereocenters. The van der Waals surface area contributed by atoms with Gasteiger partial charge in [-0.25, -0.2) is 9.78 Å². The Morgan fingerprint density at radius 2 is 1.78 bits per heavy atom. The van der Waals surface area contributed by atoms with E-state index in [1.165, 1.54) is 11.3 Å². The van der Waals surface area contributed by atoms with E-state index >= 15 is 0 Å². The Morgan fingerprint density at radius 3 is 2.52 bits per heavy atom. The predicted molar refractivity (Wildman–Crippen MR) is 107 cm³/mol. The van der Waals surface area contributed by atoms with E-state index < -0.39 is 18.5 Å². The van der Waals surface area contributed by atoms with Crippen LogP contribution in [-0.2, 0) is 14.3 Å². The number of halogens is 1. The van der Waals surface area contributed by atoms with Gasteiger partial charge in [-0.2, -0.15) is 0 Å². The molecule has 0 saturated heterocycles. The lowest BCUT2D eigenvalue weighted by molar-refractivity contribution is -0.149. The summed E-state index contributed by atoms with van der Waals surface area (Å²) in [6.07, 6.45) is 0. The highest BCUT2D eigenvalue weighted by molar-refractivity contribution is 9.10. The molecule has 2 aromatic carbocycles. The van der Waals surface area contributed by atoms with Gasteiger partial charge in [0.1, 0.15) is 5.75 Å². The second-order valence-electron chi connectivity index (χ2n) is 5.36. The first-order valence-electron chi connectivity index (χ1n) is 7.95. The standard InChI is InChI=1S/C19H15BrN2O4S/c20-14-6-8-15(9-7-14)25-11-18(24)26-10-17(23)22-19-21-16(12-27-19)13-4-2-1-3-5-13/h1-9,12H,10-11H2,(H,21,22,23). The quantitative estimate of drug-likeness (QED) is 0.551. The molecule has 27 heavy (non-hydrogen) atoms. The van der Waals surface area contributed by atoms with Gasteiger partial charge in [-0.1, -0.05) is 46.3 Å². The molecule has 0 spiro atoms. The molecule has 3 aromatic rings. The first-order chi connectivity index (χ1) is 13.1. The summed E-state index contributed by atoms with van der Waals surface area (Å²) in [5.74, 6) is -0.547. The van der Waals surface area contributed by atoms with Crippen LogP contribution in [0, 0.1) is 0 Å². The molecule has 1 heterocycles. The van der Waals surface area contributed by atoms with Gasteiger partial charge in [0, 0.05) is 15.4 Å². The molecule has 0 radical (unpaired) electrons. The van der Waals surface area contributed by atoms with Gasteiger partial charge < -0.3 is 9.47 Å². The largest absolute Gasteiger partial charge is 0.482 e. The number of benzene rings is 2. The highest BCUT2D eigenvalue weighted by Crippen LogP contribution is 2.24. The van der Waals surface area contributed by atoms with E-state index in [1.807, 2.05) is 35.7 Å². The number of hydrogen-bond donors (Lipinski definition) is 1. The van der Waals surface area contributed by atoms with Crippen molar-refractivity contribution in [1.29, 1.82) is 0 Å². The summed E-state index contributed by atoms with van der Waals surface area (Å²) in [5, 5.41) is 4.91. The zero-order valence-corrected chi connectivity index (χ0v) is 16.5. The van der Waals surface area contributed by atoms with Gasteiger partial charge in [0.05, 0.1) is 5.69 Å². The minimum atomic E-state index is -0.628. The molecular formula is C19H15BrN2O4S. The number of anilines is 1. The number of aromatic nitrogens is 1. The van der Waals surface area contributed by atoms with Crippen molar-refractivity contribution >= 4 is 44.3 Å². The third-order valence-electron chi connectivity index (χ3n) is 3.35. The monoisotopic (exact) mass is 446 g/mol. The lowest BCUT2D eigenvalue weighted by Gasteiger charge is -2.07. The maximum absolute atomic E-state index is 11.9. The molecule has 6 nitrogen and oxygen atoms in total. The molecule has 0 atom stereocenters. The van der Waals surface area contributed by atoms with Gasteiger partial charge in [-0.15, -0.1) is 11.3 Å². The van der Waals surface area contributed by atoms with Crippen molar-refractivity contribution in [3.05, 3.63) is 64.5 Å². The Morgan fingerprint density at radius 1 is 1.04 bits per heavy atom. The van der Waals surface area contributed by atoms with Crippen LogP contribution >= 0.6 is 27.3 Å². The second kappa shape index (κ2) is 9.29. The molecule has 8 heteroatoms. The topological polar surface area (TPSA) is 77.5 Å². The summed E-state index contributed by atoms with van der Waals surface area (Å²) in [6, 6.07) is 16.7. The number of thiazole rings is 1. The van der Waals surface area contributed by atoms with Crippen molar-refractivity contribution in [3.63, 3.8) is 0 Å². The maximum atomic E-state index is 11.9. The van der Waals surface area contributed by atoms with Crippen LogP contribution < -0.4 is 10.1 Å². The Kier molecular flexibility index (Phi) is 6.56. The molecule has 0 fully saturated rings. The van der Waals surface area contributed by atoms with Crippen LogP contribution in [0.2, 0.25) is 0 Å². The number of amides is 1. The van der Waals surface area contributed by atoms with Crippen LogP contribution in [0.1, 0.15) is 0 Å². The Labute approximate surface area is 168 Å². The summed E-state index contributed by atoms with van der Waals surface area (Å²) in [7, 11) is 0. The zero-order chi connectivity index (χ0) is 19.1. The fourth-order valence-corrected chi connectivity index (χ4v) is 3.09. The molecule has 138 valence electrons. The lowest BCUT2D eigenvalue weighted by Crippen LogP contribution is -2.23. The molecule has 0 aliphatic carbocycles. The first kappa shape index (κ1) is 19.1. The van der Waals surface area contributed by atoms with Crippen LogP contribution in [0.4, 0.5) is 5.13 Å². The van der Waals surface area contributed by atoms with Gasteiger partial charge in [-0.05, 0) is 24.3 Å².